The molecule has 26 heavy (non-hydrogen) atoms. The number of carbonyl (C=O) groups excluding carboxylic acids is 2. The van der Waals surface area contributed by atoms with Crippen LogP contribution in [0.25, 0.3) is 0 Å². The second-order valence-electron chi connectivity index (χ2n) is 7.28. The van der Waals surface area contributed by atoms with E-state index in [1.807, 2.05) is 39.0 Å². The zero-order valence-electron chi connectivity index (χ0n) is 15.5. The summed E-state index contributed by atoms with van der Waals surface area (Å²) < 4.78 is 0. The molecule has 0 saturated carbocycles. The first-order chi connectivity index (χ1) is 12.1. The minimum atomic E-state index is -0.581. The first kappa shape index (κ1) is 19.6. The molecular formula is C20H25N3O3. The van der Waals surface area contributed by atoms with Gasteiger partial charge in [0.2, 0.25) is 5.91 Å². The maximum absolute atomic E-state index is 12.3. The van der Waals surface area contributed by atoms with Gasteiger partial charge < -0.3 is 15.7 Å². The van der Waals surface area contributed by atoms with Gasteiger partial charge in [-0.3, -0.25) is 14.6 Å². The molecule has 0 aliphatic carbocycles. The summed E-state index contributed by atoms with van der Waals surface area (Å²) >= 11 is 0. The van der Waals surface area contributed by atoms with Gasteiger partial charge in [0.25, 0.3) is 5.91 Å². The number of aliphatic hydroxyl groups excluding tert-OH is 1. The van der Waals surface area contributed by atoms with Crippen LogP contribution < -0.4 is 10.6 Å². The molecule has 0 radical (unpaired) electrons. The second kappa shape index (κ2) is 8.10. The molecule has 1 aromatic heterocycles. The summed E-state index contributed by atoms with van der Waals surface area (Å²) in [5, 5.41) is 15.2. The Labute approximate surface area is 153 Å². The number of nitrogens with zero attached hydrogens (tertiary/aromatic N) is 1. The number of pyridine rings is 1. The van der Waals surface area contributed by atoms with Crippen LogP contribution in [0, 0.1) is 0 Å². The molecule has 0 aliphatic rings. The van der Waals surface area contributed by atoms with Crippen molar-refractivity contribution in [1.29, 1.82) is 0 Å². The molecule has 0 aliphatic heterocycles. The van der Waals surface area contributed by atoms with Gasteiger partial charge in [0.15, 0.2) is 0 Å². The van der Waals surface area contributed by atoms with Gasteiger partial charge in [-0.05, 0) is 51.0 Å². The van der Waals surface area contributed by atoms with E-state index in [4.69, 9.17) is 0 Å². The Morgan fingerprint density at radius 1 is 1.19 bits per heavy atom. The molecule has 0 saturated heterocycles. The van der Waals surface area contributed by atoms with Crippen molar-refractivity contribution in [3.05, 3.63) is 59.4 Å². The molecule has 0 fully saturated rings. The van der Waals surface area contributed by atoms with E-state index in [1.165, 1.54) is 6.20 Å². The maximum atomic E-state index is 12.3. The molecule has 1 atom stereocenters. The van der Waals surface area contributed by atoms with Crippen LogP contribution in [0.15, 0.2) is 42.6 Å². The zero-order valence-corrected chi connectivity index (χ0v) is 15.5. The largest absolute Gasteiger partial charge is 0.389 e. The Balaban J connectivity index is 2.04. The SMILES string of the molecule is CC(O)c1cccc(CC(=O)Nc2ccnc(C(=O)NC(C)(C)C)c2)c1. The molecule has 2 amide bonds. The molecule has 2 rings (SSSR count). The van der Waals surface area contributed by atoms with Crippen molar-refractivity contribution in [3.63, 3.8) is 0 Å². The van der Waals surface area contributed by atoms with E-state index in [0.29, 0.717) is 5.69 Å². The van der Waals surface area contributed by atoms with E-state index >= 15 is 0 Å². The highest BCUT2D eigenvalue weighted by Crippen LogP contribution is 2.15. The van der Waals surface area contributed by atoms with Crippen LogP contribution in [-0.4, -0.2) is 27.4 Å². The summed E-state index contributed by atoms with van der Waals surface area (Å²) in [6.45, 7) is 7.34. The molecular weight excluding hydrogens is 330 g/mol. The highest BCUT2D eigenvalue weighted by Gasteiger charge is 2.17. The molecule has 1 unspecified atom stereocenters. The van der Waals surface area contributed by atoms with Gasteiger partial charge in [-0.25, -0.2) is 0 Å². The molecule has 0 spiro atoms. The quantitative estimate of drug-likeness (QED) is 0.769. The van der Waals surface area contributed by atoms with Crippen molar-refractivity contribution in [1.82, 2.24) is 10.3 Å². The average Bonchev–Trinajstić information content (AvgIpc) is 2.53. The van der Waals surface area contributed by atoms with E-state index in [-0.39, 0.29) is 29.5 Å². The highest BCUT2D eigenvalue weighted by molar-refractivity contribution is 5.96. The highest BCUT2D eigenvalue weighted by atomic mass is 16.3. The van der Waals surface area contributed by atoms with Crippen LogP contribution in [-0.2, 0) is 11.2 Å². The minimum Gasteiger partial charge on any atom is -0.389 e. The number of hydrogen-bond donors (Lipinski definition) is 3. The fraction of sp³-hybridized carbons (Fsp3) is 0.350. The maximum Gasteiger partial charge on any atom is 0.270 e. The molecule has 6 nitrogen and oxygen atoms in total. The first-order valence-electron chi connectivity index (χ1n) is 8.49. The van der Waals surface area contributed by atoms with Crippen molar-refractivity contribution in [2.24, 2.45) is 0 Å². The predicted molar refractivity (Wildman–Crippen MR) is 101 cm³/mol. The number of rotatable bonds is 5. The smallest absolute Gasteiger partial charge is 0.270 e. The molecule has 1 heterocycles. The lowest BCUT2D eigenvalue weighted by Gasteiger charge is -2.20. The number of hydrogen-bond acceptors (Lipinski definition) is 4. The van der Waals surface area contributed by atoms with Crippen LogP contribution in [0.4, 0.5) is 5.69 Å². The standard InChI is InChI=1S/C20H25N3O3/c1-13(24)15-7-5-6-14(10-15)11-18(25)22-16-8-9-21-17(12-16)19(26)23-20(2,3)4/h5-10,12-13,24H,11H2,1-4H3,(H,23,26)(H,21,22,25). The Hall–Kier alpha value is -2.73. The third-order valence-electron chi connectivity index (χ3n) is 3.56. The third-order valence-corrected chi connectivity index (χ3v) is 3.56. The Morgan fingerprint density at radius 2 is 1.92 bits per heavy atom. The van der Waals surface area contributed by atoms with E-state index in [0.717, 1.165) is 11.1 Å². The first-order valence-corrected chi connectivity index (χ1v) is 8.49. The lowest BCUT2D eigenvalue weighted by Crippen LogP contribution is -2.40. The molecule has 1 aromatic carbocycles. The number of aromatic nitrogens is 1. The summed E-state index contributed by atoms with van der Waals surface area (Å²) in [5.74, 6) is -0.501. The van der Waals surface area contributed by atoms with E-state index in [1.54, 1.807) is 25.1 Å². The molecule has 138 valence electrons. The van der Waals surface area contributed by atoms with Gasteiger partial charge in [0.05, 0.1) is 12.5 Å². The number of anilines is 1. The molecule has 2 aromatic rings. The van der Waals surface area contributed by atoms with Crippen molar-refractivity contribution in [2.75, 3.05) is 5.32 Å². The van der Waals surface area contributed by atoms with E-state index in [2.05, 4.69) is 15.6 Å². The van der Waals surface area contributed by atoms with Crippen LogP contribution in [0.2, 0.25) is 0 Å². The van der Waals surface area contributed by atoms with Gasteiger partial charge in [-0.2, -0.15) is 0 Å². The second-order valence-corrected chi connectivity index (χ2v) is 7.28. The number of nitrogens with one attached hydrogen (secondary N) is 2. The monoisotopic (exact) mass is 355 g/mol. The normalized spacial score (nSPS) is 12.3. The summed E-state index contributed by atoms with van der Waals surface area (Å²) in [7, 11) is 0. The van der Waals surface area contributed by atoms with Crippen molar-refractivity contribution in [2.45, 2.75) is 45.8 Å². The van der Waals surface area contributed by atoms with Crippen molar-refractivity contribution in [3.8, 4) is 0 Å². The number of carbonyl (C=O) groups is 2. The number of amides is 2. The van der Waals surface area contributed by atoms with E-state index in [9.17, 15) is 14.7 Å². The zero-order chi connectivity index (χ0) is 19.3. The van der Waals surface area contributed by atoms with Crippen molar-refractivity contribution >= 4 is 17.5 Å². The molecule has 6 heteroatoms. The number of aliphatic hydroxyl groups is 1. The van der Waals surface area contributed by atoms with Crippen LogP contribution in [0.5, 0.6) is 0 Å². The third kappa shape index (κ3) is 5.97. The lowest BCUT2D eigenvalue weighted by molar-refractivity contribution is -0.115. The summed E-state index contributed by atoms with van der Waals surface area (Å²) in [6.07, 6.45) is 1.08. The van der Waals surface area contributed by atoms with Gasteiger partial charge in [0, 0.05) is 17.4 Å². The fourth-order valence-electron chi connectivity index (χ4n) is 2.39. The van der Waals surface area contributed by atoms with Gasteiger partial charge in [-0.1, -0.05) is 24.3 Å². The Bertz CT molecular complexity index is 795. The van der Waals surface area contributed by atoms with Gasteiger partial charge >= 0.3 is 0 Å². The van der Waals surface area contributed by atoms with Crippen molar-refractivity contribution < 1.29 is 14.7 Å². The topological polar surface area (TPSA) is 91.3 Å². The Kier molecular flexibility index (Phi) is 6.10. The van der Waals surface area contributed by atoms with Gasteiger partial charge in [-0.15, -0.1) is 0 Å². The summed E-state index contributed by atoms with van der Waals surface area (Å²) in [4.78, 5) is 28.5. The predicted octanol–water partition coefficient (Wildman–Crippen LogP) is 2.84. The molecule has 3 N–H and O–H groups in total. The van der Waals surface area contributed by atoms with Crippen LogP contribution >= 0.6 is 0 Å². The molecule has 0 bridgehead atoms. The minimum absolute atomic E-state index is 0.173. The van der Waals surface area contributed by atoms with Gasteiger partial charge in [0.1, 0.15) is 5.69 Å². The summed E-state index contributed by atoms with van der Waals surface area (Å²) in [6, 6.07) is 10.4. The Morgan fingerprint density at radius 3 is 2.58 bits per heavy atom. The lowest BCUT2D eigenvalue weighted by atomic mass is 10.0. The van der Waals surface area contributed by atoms with Crippen LogP contribution in [0.1, 0.15) is 55.4 Å². The fourth-order valence-corrected chi connectivity index (χ4v) is 2.39. The average molecular weight is 355 g/mol. The van der Waals surface area contributed by atoms with E-state index < -0.39 is 6.10 Å². The number of benzene rings is 1. The summed E-state index contributed by atoms with van der Waals surface area (Å²) in [5.41, 5.74) is 1.96. The van der Waals surface area contributed by atoms with Crippen LogP contribution in [0.3, 0.4) is 0 Å².